The van der Waals surface area contributed by atoms with Gasteiger partial charge >= 0.3 is 0 Å². The molecule has 0 radical (unpaired) electrons. The fourth-order valence-electron chi connectivity index (χ4n) is 3.57. The Morgan fingerprint density at radius 2 is 1.43 bits per heavy atom. The maximum atomic E-state index is 12.9. The largest absolute Gasteiger partial charge is 0.497 e. The average molecular weight is 602 g/mol. The summed E-state index contributed by atoms with van der Waals surface area (Å²) in [5, 5.41) is 2.56. The second-order valence-corrected chi connectivity index (χ2v) is 12.0. The molecule has 0 saturated carbocycles. The Kier molecular flexibility index (Phi) is 8.52. The fraction of sp³-hybridized carbons (Fsp3) is 0.0741. The van der Waals surface area contributed by atoms with E-state index in [-0.39, 0.29) is 37.5 Å². The van der Waals surface area contributed by atoms with Gasteiger partial charge in [-0.1, -0.05) is 29.8 Å². The second kappa shape index (κ2) is 11.9. The lowest BCUT2D eigenvalue weighted by molar-refractivity contribution is 0.102. The summed E-state index contributed by atoms with van der Waals surface area (Å²) in [4.78, 5) is 12.6. The zero-order chi connectivity index (χ0) is 28.9. The highest BCUT2D eigenvalue weighted by Crippen LogP contribution is 2.31. The molecule has 0 spiro atoms. The summed E-state index contributed by atoms with van der Waals surface area (Å²) in [6.07, 6.45) is 0. The van der Waals surface area contributed by atoms with Crippen LogP contribution in [0, 0.1) is 0 Å². The molecule has 4 rings (SSSR count). The van der Waals surface area contributed by atoms with Crippen molar-refractivity contribution in [3.63, 3.8) is 0 Å². The Hall–Kier alpha value is -4.26. The number of nitrogens with one attached hydrogen (secondary N) is 3. The third-order valence-electron chi connectivity index (χ3n) is 5.58. The molecule has 0 unspecified atom stereocenters. The highest BCUT2D eigenvalue weighted by molar-refractivity contribution is 7.93. The van der Waals surface area contributed by atoms with Gasteiger partial charge < -0.3 is 14.8 Å². The van der Waals surface area contributed by atoms with Gasteiger partial charge in [-0.3, -0.25) is 14.2 Å². The van der Waals surface area contributed by atoms with Crippen LogP contribution in [0.5, 0.6) is 11.5 Å². The van der Waals surface area contributed by atoms with E-state index < -0.39 is 26.0 Å². The van der Waals surface area contributed by atoms with Crippen molar-refractivity contribution in [3.05, 3.63) is 102 Å². The number of sulfonamides is 2. The van der Waals surface area contributed by atoms with E-state index in [1.807, 2.05) is 0 Å². The lowest BCUT2D eigenvalue weighted by atomic mass is 10.2. The number of amides is 1. The van der Waals surface area contributed by atoms with Crippen LogP contribution in [0.25, 0.3) is 0 Å². The molecule has 13 heteroatoms. The van der Waals surface area contributed by atoms with Gasteiger partial charge in [0, 0.05) is 23.0 Å². The number of benzene rings is 4. The summed E-state index contributed by atoms with van der Waals surface area (Å²) in [5.41, 5.74) is 0.870. The molecular weight excluding hydrogens is 578 g/mol. The summed E-state index contributed by atoms with van der Waals surface area (Å²) < 4.78 is 66.8. The van der Waals surface area contributed by atoms with Crippen LogP contribution in [0.2, 0.25) is 5.02 Å². The molecule has 0 saturated heterocycles. The summed E-state index contributed by atoms with van der Waals surface area (Å²) in [5.74, 6) is 0.150. The van der Waals surface area contributed by atoms with Gasteiger partial charge in [0.1, 0.15) is 16.4 Å². The molecule has 0 aliphatic rings. The molecule has 0 aliphatic heterocycles. The van der Waals surface area contributed by atoms with Crippen molar-refractivity contribution < 1.29 is 31.1 Å². The second-order valence-electron chi connectivity index (χ2n) is 8.27. The summed E-state index contributed by atoms with van der Waals surface area (Å²) in [6.45, 7) is 0. The number of hydrogen-bond donors (Lipinski definition) is 3. The molecule has 4 aromatic carbocycles. The first kappa shape index (κ1) is 28.7. The van der Waals surface area contributed by atoms with Gasteiger partial charge in [0.05, 0.1) is 29.8 Å². The van der Waals surface area contributed by atoms with E-state index in [0.29, 0.717) is 11.4 Å². The summed E-state index contributed by atoms with van der Waals surface area (Å²) in [7, 11) is -5.18. The quantitative estimate of drug-likeness (QED) is 0.227. The van der Waals surface area contributed by atoms with E-state index in [0.717, 1.165) is 6.07 Å². The number of carbonyl (C=O) groups excluding carboxylic acids is 1. The van der Waals surface area contributed by atoms with Crippen LogP contribution in [-0.2, 0) is 20.0 Å². The van der Waals surface area contributed by atoms with Gasteiger partial charge in [0.25, 0.3) is 26.0 Å². The summed E-state index contributed by atoms with van der Waals surface area (Å²) in [6, 6.07) is 22.2. The minimum absolute atomic E-state index is 0.0304. The highest BCUT2D eigenvalue weighted by Gasteiger charge is 2.21. The normalized spacial score (nSPS) is 11.4. The SMILES string of the molecule is COc1ccc(NS(=O)(=O)c2ccc(NC(=O)c3ccc(Cl)c(S(=O)(=O)Nc4ccccc4)c3)cc2)c(OC)c1. The lowest BCUT2D eigenvalue weighted by Crippen LogP contribution is -2.17. The van der Waals surface area contributed by atoms with Crippen molar-refractivity contribution in [1.82, 2.24) is 0 Å². The van der Waals surface area contributed by atoms with Gasteiger partial charge in [-0.05, 0) is 66.7 Å². The van der Waals surface area contributed by atoms with Crippen molar-refractivity contribution in [2.24, 2.45) is 0 Å². The number of methoxy groups -OCH3 is 2. The zero-order valence-corrected chi connectivity index (χ0v) is 23.6. The van der Waals surface area contributed by atoms with Crippen LogP contribution in [0.3, 0.4) is 0 Å². The molecule has 0 heterocycles. The lowest BCUT2D eigenvalue weighted by Gasteiger charge is -2.13. The number of hydrogen-bond acceptors (Lipinski definition) is 7. The monoisotopic (exact) mass is 601 g/mol. The van der Waals surface area contributed by atoms with Gasteiger partial charge in [0.15, 0.2) is 0 Å². The fourth-order valence-corrected chi connectivity index (χ4v) is 6.23. The molecule has 0 fully saturated rings. The van der Waals surface area contributed by atoms with E-state index in [9.17, 15) is 21.6 Å². The van der Waals surface area contributed by atoms with Crippen molar-refractivity contribution in [3.8, 4) is 11.5 Å². The molecule has 40 heavy (non-hydrogen) atoms. The van der Waals surface area contributed by atoms with Crippen LogP contribution < -0.4 is 24.2 Å². The number of para-hydroxylation sites is 1. The van der Waals surface area contributed by atoms with Crippen LogP contribution in [-0.4, -0.2) is 37.0 Å². The average Bonchev–Trinajstić information content (AvgIpc) is 2.93. The van der Waals surface area contributed by atoms with Gasteiger partial charge in [-0.2, -0.15) is 0 Å². The smallest absolute Gasteiger partial charge is 0.263 e. The van der Waals surface area contributed by atoms with Crippen molar-refractivity contribution in [1.29, 1.82) is 0 Å². The van der Waals surface area contributed by atoms with Gasteiger partial charge in [0.2, 0.25) is 0 Å². The zero-order valence-electron chi connectivity index (χ0n) is 21.2. The Balaban J connectivity index is 1.49. The Morgan fingerprint density at radius 1 is 0.725 bits per heavy atom. The van der Waals surface area contributed by atoms with E-state index >= 15 is 0 Å². The number of ether oxygens (including phenoxy) is 2. The minimum atomic E-state index is -4.08. The molecule has 3 N–H and O–H groups in total. The van der Waals surface area contributed by atoms with Gasteiger partial charge in [-0.25, -0.2) is 16.8 Å². The molecule has 1 amide bonds. The molecule has 0 aromatic heterocycles. The van der Waals surface area contributed by atoms with Gasteiger partial charge in [-0.15, -0.1) is 0 Å². The van der Waals surface area contributed by atoms with Crippen molar-refractivity contribution in [2.45, 2.75) is 9.79 Å². The highest BCUT2D eigenvalue weighted by atomic mass is 35.5. The summed E-state index contributed by atoms with van der Waals surface area (Å²) >= 11 is 6.14. The molecule has 10 nitrogen and oxygen atoms in total. The minimum Gasteiger partial charge on any atom is -0.497 e. The Labute approximate surface area is 237 Å². The van der Waals surface area contributed by atoms with Crippen molar-refractivity contribution >= 4 is 54.6 Å². The molecule has 0 aliphatic carbocycles. The topological polar surface area (TPSA) is 140 Å². The first-order valence-corrected chi connectivity index (χ1v) is 14.9. The molecule has 4 aromatic rings. The predicted octanol–water partition coefficient (Wildman–Crippen LogP) is 5.21. The maximum Gasteiger partial charge on any atom is 0.263 e. The maximum absolute atomic E-state index is 12.9. The van der Waals surface area contributed by atoms with Crippen LogP contribution >= 0.6 is 11.6 Å². The third-order valence-corrected chi connectivity index (χ3v) is 8.83. The van der Waals surface area contributed by atoms with Crippen molar-refractivity contribution in [2.75, 3.05) is 29.0 Å². The standard InChI is InChI=1S/C27H24ClN3O7S2/c1-37-21-11-15-24(25(17-21)38-2)31-39(33,34)22-12-9-19(10-13-22)29-27(32)18-8-14-23(28)26(16-18)40(35,36)30-20-6-4-3-5-7-20/h3-17,30-31H,1-2H3,(H,29,32). The van der Waals surface area contributed by atoms with Crippen LogP contribution in [0.15, 0.2) is 101 Å². The van der Waals surface area contributed by atoms with E-state index in [4.69, 9.17) is 21.1 Å². The third kappa shape index (κ3) is 6.65. The molecule has 208 valence electrons. The number of anilines is 3. The number of rotatable bonds is 10. The molecule has 0 atom stereocenters. The van der Waals surface area contributed by atoms with Crippen LogP contribution in [0.4, 0.5) is 17.1 Å². The van der Waals surface area contributed by atoms with Crippen LogP contribution in [0.1, 0.15) is 10.4 Å². The Morgan fingerprint density at radius 3 is 2.08 bits per heavy atom. The van der Waals surface area contributed by atoms with E-state index in [1.165, 1.54) is 56.7 Å². The molecule has 0 bridgehead atoms. The predicted molar refractivity (Wildman–Crippen MR) is 153 cm³/mol. The van der Waals surface area contributed by atoms with E-state index in [1.54, 1.807) is 42.5 Å². The Bertz CT molecular complexity index is 1750. The first-order valence-electron chi connectivity index (χ1n) is 11.6. The van der Waals surface area contributed by atoms with E-state index in [2.05, 4.69) is 14.8 Å². The number of halogens is 1. The molecular formula is C27H24ClN3O7S2. The number of carbonyl (C=O) groups is 1. The first-order chi connectivity index (χ1) is 19.0.